The molecule has 8 nitrogen and oxygen atoms in total. The number of aromatic nitrogens is 3. The minimum Gasteiger partial charge on any atom is -0.465 e. The summed E-state index contributed by atoms with van der Waals surface area (Å²) in [6.07, 6.45) is 4.79. The van der Waals surface area contributed by atoms with Crippen LogP contribution in [0.1, 0.15) is 36.9 Å². The number of thiophene rings is 1. The van der Waals surface area contributed by atoms with Gasteiger partial charge >= 0.3 is 5.97 Å². The van der Waals surface area contributed by atoms with E-state index in [1.165, 1.54) is 24.0 Å². The molecule has 3 aromatic heterocycles. The molecule has 9 heteroatoms. The van der Waals surface area contributed by atoms with Crippen molar-refractivity contribution in [3.63, 3.8) is 0 Å². The van der Waals surface area contributed by atoms with Gasteiger partial charge in [-0.3, -0.25) is 9.48 Å². The van der Waals surface area contributed by atoms with Gasteiger partial charge in [-0.1, -0.05) is 17.7 Å². The molecule has 1 amide bonds. The first-order valence-corrected chi connectivity index (χ1v) is 11.7. The Morgan fingerprint density at radius 3 is 2.62 bits per heavy atom. The number of rotatable bonds is 8. The molecule has 0 saturated heterocycles. The molecule has 3 heterocycles. The minimum absolute atomic E-state index is 0.288. The van der Waals surface area contributed by atoms with E-state index in [9.17, 15) is 9.59 Å². The third-order valence-corrected chi connectivity index (χ3v) is 6.59. The number of nitrogens with zero attached hydrogens (tertiary/aromatic N) is 4. The zero-order valence-electron chi connectivity index (χ0n) is 19.7. The van der Waals surface area contributed by atoms with Gasteiger partial charge in [-0.05, 0) is 50.2 Å². The fraction of sp³-hybridized carbons (Fsp3) is 0.280. The molecule has 4 rings (SSSR count). The van der Waals surface area contributed by atoms with Crippen molar-refractivity contribution in [3.05, 3.63) is 76.1 Å². The van der Waals surface area contributed by atoms with E-state index in [1.54, 1.807) is 16.8 Å². The van der Waals surface area contributed by atoms with Gasteiger partial charge in [0.15, 0.2) is 0 Å². The van der Waals surface area contributed by atoms with Crippen LogP contribution in [-0.4, -0.2) is 52.2 Å². The fourth-order valence-corrected chi connectivity index (χ4v) is 4.70. The summed E-state index contributed by atoms with van der Waals surface area (Å²) in [5.41, 5.74) is 4.08. The fourth-order valence-electron chi connectivity index (χ4n) is 3.63. The molecule has 0 aliphatic heterocycles. The van der Waals surface area contributed by atoms with Crippen LogP contribution in [0.5, 0.6) is 0 Å². The summed E-state index contributed by atoms with van der Waals surface area (Å²) < 4.78 is 6.76. The average molecular weight is 478 g/mol. The van der Waals surface area contributed by atoms with Gasteiger partial charge in [0, 0.05) is 37.3 Å². The van der Waals surface area contributed by atoms with Crippen LogP contribution in [-0.2, 0) is 24.8 Å². The Morgan fingerprint density at radius 2 is 1.94 bits per heavy atom. The Labute approximate surface area is 202 Å². The number of fused-ring (bicyclic) bond motifs is 1. The van der Waals surface area contributed by atoms with Gasteiger partial charge in [-0.25, -0.2) is 9.78 Å². The maximum absolute atomic E-state index is 12.8. The molecule has 0 fully saturated rings. The molecule has 1 N–H and O–H groups in total. The number of nitrogens with one attached hydrogen (secondary N) is 1. The molecule has 34 heavy (non-hydrogen) atoms. The summed E-state index contributed by atoms with van der Waals surface area (Å²) in [5, 5.41) is 7.82. The van der Waals surface area contributed by atoms with E-state index < -0.39 is 5.97 Å². The topological polar surface area (TPSA) is 89.3 Å². The van der Waals surface area contributed by atoms with E-state index in [0.29, 0.717) is 32.9 Å². The van der Waals surface area contributed by atoms with Crippen LogP contribution in [0, 0.1) is 6.92 Å². The number of aryl methyl sites for hydroxylation is 2. The second-order valence-corrected chi connectivity index (χ2v) is 9.28. The summed E-state index contributed by atoms with van der Waals surface area (Å²) in [6.45, 7) is 3.48. The van der Waals surface area contributed by atoms with E-state index in [2.05, 4.69) is 15.3 Å². The van der Waals surface area contributed by atoms with Crippen molar-refractivity contribution in [1.29, 1.82) is 0 Å². The lowest BCUT2D eigenvalue weighted by Gasteiger charge is -2.15. The summed E-state index contributed by atoms with van der Waals surface area (Å²) in [4.78, 5) is 33.2. The lowest BCUT2D eigenvalue weighted by Crippen LogP contribution is -2.21. The number of amides is 1. The maximum Gasteiger partial charge on any atom is 0.350 e. The van der Waals surface area contributed by atoms with Gasteiger partial charge < -0.3 is 15.0 Å². The van der Waals surface area contributed by atoms with E-state index in [-0.39, 0.29) is 5.91 Å². The third kappa shape index (κ3) is 5.32. The quantitative estimate of drug-likeness (QED) is 0.385. The number of carbonyl (C=O) groups is 2. The van der Waals surface area contributed by atoms with Crippen molar-refractivity contribution < 1.29 is 14.3 Å². The number of hydrogen-bond acceptors (Lipinski definition) is 7. The molecule has 4 aromatic rings. The van der Waals surface area contributed by atoms with Gasteiger partial charge in [-0.2, -0.15) is 5.10 Å². The zero-order chi connectivity index (χ0) is 24.2. The molecule has 176 valence electrons. The standard InChI is InChI=1S/C25H27N5O3S/c1-16-5-7-18(8-6-16)23(31)28-21-20-10-9-19(27-24(20)34-22(21)25(32)33-4)15-29(2)12-11-17-13-26-30(3)14-17/h5-10,13-14H,11-12,15H2,1-4H3,(H,28,31). The lowest BCUT2D eigenvalue weighted by molar-refractivity contribution is 0.0607. The van der Waals surface area contributed by atoms with E-state index in [4.69, 9.17) is 9.72 Å². The Morgan fingerprint density at radius 1 is 1.18 bits per heavy atom. The van der Waals surface area contributed by atoms with Crippen molar-refractivity contribution >= 4 is 39.1 Å². The first-order valence-electron chi connectivity index (χ1n) is 10.9. The number of methoxy groups -OCH3 is 1. The normalized spacial score (nSPS) is 11.2. The summed E-state index contributed by atoms with van der Waals surface area (Å²) >= 11 is 1.22. The number of benzene rings is 1. The van der Waals surface area contributed by atoms with Crippen LogP contribution < -0.4 is 5.32 Å². The number of pyridine rings is 1. The molecular formula is C25H27N5O3S. The Bertz CT molecular complexity index is 1330. The summed E-state index contributed by atoms with van der Waals surface area (Å²) in [7, 11) is 5.28. The summed E-state index contributed by atoms with van der Waals surface area (Å²) in [5.74, 6) is -0.790. The molecule has 0 unspecified atom stereocenters. The lowest BCUT2D eigenvalue weighted by atomic mass is 10.1. The smallest absolute Gasteiger partial charge is 0.350 e. The zero-order valence-corrected chi connectivity index (χ0v) is 20.5. The van der Waals surface area contributed by atoms with Gasteiger partial charge in [0.25, 0.3) is 5.91 Å². The monoisotopic (exact) mass is 477 g/mol. The Hall–Kier alpha value is -3.56. The number of carbonyl (C=O) groups excluding carboxylic acids is 2. The van der Waals surface area contributed by atoms with Crippen molar-refractivity contribution in [1.82, 2.24) is 19.7 Å². The van der Waals surface area contributed by atoms with Crippen molar-refractivity contribution in [3.8, 4) is 0 Å². The van der Waals surface area contributed by atoms with Crippen LogP contribution in [0.2, 0.25) is 0 Å². The van der Waals surface area contributed by atoms with Crippen LogP contribution >= 0.6 is 11.3 Å². The number of hydrogen-bond donors (Lipinski definition) is 1. The first kappa shape index (κ1) is 23.6. The third-order valence-electron chi connectivity index (χ3n) is 5.51. The highest BCUT2D eigenvalue weighted by Gasteiger charge is 2.22. The van der Waals surface area contributed by atoms with Crippen molar-refractivity contribution in [2.45, 2.75) is 19.9 Å². The number of ether oxygens (including phenoxy) is 1. The predicted octanol–water partition coefficient (Wildman–Crippen LogP) is 4.05. The largest absolute Gasteiger partial charge is 0.465 e. The highest BCUT2D eigenvalue weighted by Crippen LogP contribution is 2.36. The average Bonchev–Trinajstić information content (AvgIpc) is 3.40. The van der Waals surface area contributed by atoms with Crippen molar-refractivity contribution in [2.75, 3.05) is 26.0 Å². The van der Waals surface area contributed by atoms with Gasteiger partial charge in [0.2, 0.25) is 0 Å². The highest BCUT2D eigenvalue weighted by atomic mass is 32.1. The van der Waals surface area contributed by atoms with Crippen LogP contribution in [0.15, 0.2) is 48.8 Å². The molecule has 0 spiro atoms. The highest BCUT2D eigenvalue weighted by molar-refractivity contribution is 7.21. The molecule has 0 saturated carbocycles. The first-order chi connectivity index (χ1) is 16.3. The van der Waals surface area contributed by atoms with Crippen LogP contribution in [0.4, 0.5) is 5.69 Å². The van der Waals surface area contributed by atoms with Crippen LogP contribution in [0.3, 0.4) is 0 Å². The molecule has 0 aliphatic carbocycles. The second-order valence-electron chi connectivity index (χ2n) is 8.28. The van der Waals surface area contributed by atoms with E-state index in [1.807, 2.05) is 57.7 Å². The molecule has 0 atom stereocenters. The maximum atomic E-state index is 12.8. The van der Waals surface area contributed by atoms with Gasteiger partial charge in [-0.15, -0.1) is 11.3 Å². The van der Waals surface area contributed by atoms with E-state index >= 15 is 0 Å². The predicted molar refractivity (Wildman–Crippen MR) is 133 cm³/mol. The number of anilines is 1. The minimum atomic E-state index is -0.502. The molecular weight excluding hydrogens is 450 g/mol. The number of likely N-dealkylation sites (N-methyl/N-ethyl adjacent to an activating group) is 1. The SMILES string of the molecule is COC(=O)c1sc2nc(CN(C)CCc3cnn(C)c3)ccc2c1NC(=O)c1ccc(C)cc1. The molecule has 1 aromatic carbocycles. The Kier molecular flexibility index (Phi) is 7.04. The van der Waals surface area contributed by atoms with Crippen molar-refractivity contribution in [2.24, 2.45) is 7.05 Å². The van der Waals surface area contributed by atoms with Gasteiger partial charge in [0.1, 0.15) is 9.71 Å². The molecule has 0 bridgehead atoms. The van der Waals surface area contributed by atoms with E-state index in [0.717, 1.165) is 24.2 Å². The van der Waals surface area contributed by atoms with Crippen LogP contribution in [0.25, 0.3) is 10.2 Å². The Balaban J connectivity index is 1.54. The van der Waals surface area contributed by atoms with Gasteiger partial charge in [0.05, 0.1) is 24.7 Å². The second kappa shape index (κ2) is 10.1. The molecule has 0 radical (unpaired) electrons. The summed E-state index contributed by atoms with van der Waals surface area (Å²) in [6, 6.07) is 11.1. The number of esters is 1. The molecule has 0 aliphatic rings.